The van der Waals surface area contributed by atoms with Crippen LogP contribution in [-0.2, 0) is 0 Å². The molecule has 1 rings (SSSR count). The molecule has 0 aliphatic rings. The van der Waals surface area contributed by atoms with E-state index in [4.69, 9.17) is 14.9 Å². The van der Waals surface area contributed by atoms with E-state index in [2.05, 4.69) is 0 Å². The second-order valence-corrected chi connectivity index (χ2v) is 2.79. The van der Waals surface area contributed by atoms with Crippen LogP contribution in [0, 0.1) is 0 Å². The molecular formula is C10H14O3. The minimum absolute atomic E-state index is 0.210. The van der Waals surface area contributed by atoms with Crippen LogP contribution in [0.15, 0.2) is 30.3 Å². The first-order valence-corrected chi connectivity index (χ1v) is 4.29. The van der Waals surface area contributed by atoms with E-state index in [1.165, 1.54) is 0 Å². The van der Waals surface area contributed by atoms with Crippen LogP contribution < -0.4 is 4.74 Å². The summed E-state index contributed by atoms with van der Waals surface area (Å²) in [6.45, 7) is 0.212. The van der Waals surface area contributed by atoms with Crippen molar-refractivity contribution in [2.75, 3.05) is 13.2 Å². The van der Waals surface area contributed by atoms with E-state index < -0.39 is 6.10 Å². The molecule has 0 unspecified atom stereocenters. The summed E-state index contributed by atoms with van der Waals surface area (Å²) in [5.41, 5.74) is 0. The number of aliphatic hydroxyl groups is 2. The number of hydrogen-bond donors (Lipinski definition) is 2. The maximum Gasteiger partial charge on any atom is 0.119 e. The maximum absolute atomic E-state index is 9.01. The molecule has 0 fully saturated rings. The lowest BCUT2D eigenvalue weighted by Crippen LogP contribution is -2.15. The zero-order chi connectivity index (χ0) is 9.52. The van der Waals surface area contributed by atoms with Crippen molar-refractivity contribution in [3.05, 3.63) is 30.3 Å². The minimum Gasteiger partial charge on any atom is -0.493 e. The third-order valence-electron chi connectivity index (χ3n) is 1.67. The van der Waals surface area contributed by atoms with Gasteiger partial charge in [-0.2, -0.15) is 0 Å². The number of benzene rings is 1. The first-order valence-electron chi connectivity index (χ1n) is 4.29. The van der Waals surface area contributed by atoms with Crippen molar-refractivity contribution in [2.24, 2.45) is 0 Å². The van der Waals surface area contributed by atoms with Crippen LogP contribution in [0.2, 0.25) is 0 Å². The van der Waals surface area contributed by atoms with E-state index >= 15 is 0 Å². The Bertz CT molecular complexity index is 223. The van der Waals surface area contributed by atoms with E-state index in [9.17, 15) is 0 Å². The maximum atomic E-state index is 9.01. The van der Waals surface area contributed by atoms with Crippen molar-refractivity contribution in [3.8, 4) is 5.75 Å². The molecule has 2 N–H and O–H groups in total. The molecule has 0 saturated carbocycles. The van der Waals surface area contributed by atoms with Crippen molar-refractivity contribution in [3.63, 3.8) is 0 Å². The standard InChI is InChI=1S/C10H14O3/c11-8-9(12)6-7-13-10-4-2-1-3-5-10/h1-5,9,11-12H,6-8H2/t9-/m0/s1. The average molecular weight is 182 g/mol. The Balaban J connectivity index is 2.20. The predicted octanol–water partition coefficient (Wildman–Crippen LogP) is 0.809. The molecule has 0 aliphatic carbocycles. The molecule has 0 spiro atoms. The number of aliphatic hydroxyl groups excluding tert-OH is 2. The van der Waals surface area contributed by atoms with Gasteiger partial charge in [0, 0.05) is 6.42 Å². The zero-order valence-electron chi connectivity index (χ0n) is 7.39. The molecule has 0 saturated heterocycles. The minimum atomic E-state index is -0.677. The van der Waals surface area contributed by atoms with Gasteiger partial charge in [-0.05, 0) is 12.1 Å². The van der Waals surface area contributed by atoms with Crippen LogP contribution in [0.4, 0.5) is 0 Å². The summed E-state index contributed by atoms with van der Waals surface area (Å²) in [7, 11) is 0. The van der Waals surface area contributed by atoms with Crippen LogP contribution in [0.5, 0.6) is 5.75 Å². The van der Waals surface area contributed by atoms with Gasteiger partial charge in [0.1, 0.15) is 5.75 Å². The highest BCUT2D eigenvalue weighted by molar-refractivity contribution is 5.20. The predicted molar refractivity (Wildman–Crippen MR) is 49.6 cm³/mol. The highest BCUT2D eigenvalue weighted by Gasteiger charge is 2.01. The molecule has 0 amide bonds. The topological polar surface area (TPSA) is 49.7 Å². The van der Waals surface area contributed by atoms with Gasteiger partial charge in [-0.25, -0.2) is 0 Å². The molecule has 3 nitrogen and oxygen atoms in total. The lowest BCUT2D eigenvalue weighted by Gasteiger charge is -2.08. The molecule has 3 heteroatoms. The van der Waals surface area contributed by atoms with Gasteiger partial charge in [0.25, 0.3) is 0 Å². The van der Waals surface area contributed by atoms with E-state index in [1.54, 1.807) is 0 Å². The SMILES string of the molecule is OC[C@@H](O)CCOc1ccccc1. The highest BCUT2D eigenvalue weighted by Crippen LogP contribution is 2.08. The Hall–Kier alpha value is -1.06. The molecule has 0 bridgehead atoms. The molecule has 1 aromatic carbocycles. The van der Waals surface area contributed by atoms with Gasteiger partial charge in [0.15, 0.2) is 0 Å². The van der Waals surface area contributed by atoms with E-state index in [-0.39, 0.29) is 6.61 Å². The molecule has 0 heterocycles. The molecule has 72 valence electrons. The molecule has 0 radical (unpaired) electrons. The fourth-order valence-electron chi connectivity index (χ4n) is 0.921. The molecule has 1 atom stereocenters. The number of rotatable bonds is 5. The van der Waals surface area contributed by atoms with Gasteiger partial charge < -0.3 is 14.9 Å². The summed E-state index contributed by atoms with van der Waals surface area (Å²) in [6, 6.07) is 9.39. The number of ether oxygens (including phenoxy) is 1. The third kappa shape index (κ3) is 3.92. The lowest BCUT2D eigenvalue weighted by molar-refractivity contribution is 0.0754. The van der Waals surface area contributed by atoms with E-state index in [0.29, 0.717) is 13.0 Å². The van der Waals surface area contributed by atoms with Crippen LogP contribution in [0.3, 0.4) is 0 Å². The van der Waals surface area contributed by atoms with Crippen molar-refractivity contribution < 1.29 is 14.9 Å². The first-order chi connectivity index (χ1) is 6.33. The van der Waals surface area contributed by atoms with Gasteiger partial charge in [-0.15, -0.1) is 0 Å². The zero-order valence-corrected chi connectivity index (χ0v) is 7.39. The summed E-state index contributed by atoms with van der Waals surface area (Å²) in [5, 5.41) is 17.5. The van der Waals surface area contributed by atoms with Crippen molar-refractivity contribution in [2.45, 2.75) is 12.5 Å². The van der Waals surface area contributed by atoms with Crippen LogP contribution in [0.1, 0.15) is 6.42 Å². The first kappa shape index (κ1) is 10.0. The Morgan fingerprint density at radius 2 is 1.92 bits per heavy atom. The van der Waals surface area contributed by atoms with Crippen LogP contribution in [0.25, 0.3) is 0 Å². The van der Waals surface area contributed by atoms with Crippen LogP contribution >= 0.6 is 0 Å². The quantitative estimate of drug-likeness (QED) is 0.708. The molecule has 13 heavy (non-hydrogen) atoms. The second-order valence-electron chi connectivity index (χ2n) is 2.79. The van der Waals surface area contributed by atoms with Crippen molar-refractivity contribution >= 4 is 0 Å². The van der Waals surface area contributed by atoms with E-state index in [1.807, 2.05) is 30.3 Å². The van der Waals surface area contributed by atoms with Gasteiger partial charge in [0.05, 0.1) is 19.3 Å². The fourth-order valence-corrected chi connectivity index (χ4v) is 0.921. The molecular weight excluding hydrogens is 168 g/mol. The van der Waals surface area contributed by atoms with E-state index in [0.717, 1.165) is 5.75 Å². The Labute approximate surface area is 77.6 Å². The second kappa shape index (κ2) is 5.56. The summed E-state index contributed by atoms with van der Waals surface area (Å²) in [5.74, 6) is 0.785. The average Bonchev–Trinajstić information content (AvgIpc) is 2.19. The number of para-hydroxylation sites is 1. The summed E-state index contributed by atoms with van der Waals surface area (Å²) in [4.78, 5) is 0. The van der Waals surface area contributed by atoms with Gasteiger partial charge >= 0.3 is 0 Å². The van der Waals surface area contributed by atoms with Crippen LogP contribution in [-0.4, -0.2) is 29.5 Å². The Morgan fingerprint density at radius 3 is 2.54 bits per heavy atom. The summed E-state index contributed by atoms with van der Waals surface area (Å²) < 4.78 is 5.31. The molecule has 0 aromatic heterocycles. The third-order valence-corrected chi connectivity index (χ3v) is 1.67. The van der Waals surface area contributed by atoms with Crippen molar-refractivity contribution in [1.29, 1.82) is 0 Å². The largest absolute Gasteiger partial charge is 0.493 e. The normalized spacial score (nSPS) is 12.5. The monoisotopic (exact) mass is 182 g/mol. The number of hydrogen-bond acceptors (Lipinski definition) is 3. The lowest BCUT2D eigenvalue weighted by atomic mass is 10.3. The van der Waals surface area contributed by atoms with Crippen molar-refractivity contribution in [1.82, 2.24) is 0 Å². The smallest absolute Gasteiger partial charge is 0.119 e. The Kier molecular flexibility index (Phi) is 4.29. The Morgan fingerprint density at radius 1 is 1.23 bits per heavy atom. The van der Waals surface area contributed by atoms with Gasteiger partial charge in [-0.3, -0.25) is 0 Å². The molecule has 0 aliphatic heterocycles. The highest BCUT2D eigenvalue weighted by atomic mass is 16.5. The summed E-state index contributed by atoms with van der Waals surface area (Å²) in [6.07, 6.45) is -0.227. The van der Waals surface area contributed by atoms with Gasteiger partial charge in [-0.1, -0.05) is 18.2 Å². The molecule has 1 aromatic rings. The van der Waals surface area contributed by atoms with Gasteiger partial charge in [0.2, 0.25) is 0 Å². The fraction of sp³-hybridized carbons (Fsp3) is 0.400. The summed E-state index contributed by atoms with van der Waals surface area (Å²) >= 11 is 0.